The highest BCUT2D eigenvalue weighted by Gasteiger charge is 2.43. The van der Waals surface area contributed by atoms with Crippen molar-refractivity contribution in [3.63, 3.8) is 0 Å². The zero-order valence-electron chi connectivity index (χ0n) is 14.1. The first-order valence-corrected chi connectivity index (χ1v) is 8.90. The van der Waals surface area contributed by atoms with E-state index in [2.05, 4.69) is 15.1 Å². The topological polar surface area (TPSA) is 84.1 Å². The number of rotatable bonds is 4. The third-order valence-corrected chi connectivity index (χ3v) is 5.56. The normalized spacial score (nSPS) is 28.8. The number of aromatic nitrogens is 4. The van der Waals surface area contributed by atoms with E-state index in [4.69, 9.17) is 0 Å². The van der Waals surface area contributed by atoms with Crippen molar-refractivity contribution < 1.29 is 9.90 Å². The number of aryl methyl sites for hydroxylation is 1. The fourth-order valence-corrected chi connectivity index (χ4v) is 4.22. The number of carbonyl (C=O) groups excluding carboxylic acids is 1. The van der Waals surface area contributed by atoms with Crippen LogP contribution in [0.15, 0.2) is 37.1 Å². The Morgan fingerprint density at radius 1 is 1.24 bits per heavy atom. The predicted molar refractivity (Wildman–Crippen MR) is 90.4 cm³/mol. The van der Waals surface area contributed by atoms with Gasteiger partial charge in [0.15, 0.2) is 0 Å². The van der Waals surface area contributed by atoms with Gasteiger partial charge in [-0.15, -0.1) is 0 Å². The molecule has 132 valence electrons. The molecule has 4 rings (SSSR count). The Labute approximate surface area is 146 Å². The molecule has 7 nitrogen and oxygen atoms in total. The van der Waals surface area contributed by atoms with Crippen molar-refractivity contribution in [3.05, 3.63) is 42.7 Å². The van der Waals surface area contributed by atoms with Crippen molar-refractivity contribution in [2.45, 2.75) is 37.8 Å². The van der Waals surface area contributed by atoms with Gasteiger partial charge in [0.05, 0.1) is 12.1 Å². The van der Waals surface area contributed by atoms with Gasteiger partial charge >= 0.3 is 0 Å². The van der Waals surface area contributed by atoms with Gasteiger partial charge in [-0.2, -0.15) is 5.10 Å². The molecule has 1 saturated carbocycles. The summed E-state index contributed by atoms with van der Waals surface area (Å²) in [6.45, 7) is 1.54. The van der Waals surface area contributed by atoms with Gasteiger partial charge in [0.1, 0.15) is 12.7 Å². The Morgan fingerprint density at radius 2 is 2.08 bits per heavy atom. The van der Waals surface area contributed by atoms with Crippen molar-refractivity contribution >= 4 is 5.91 Å². The standard InChI is InChI=1S/C18H23N5O2/c24-17-8-14-10-22(18(25)5-4-15-3-1-2-6-20-15)9-13(14)7-16(17)23-12-19-11-21-23/h1-3,6,11-14,16-17,24H,4-5,7-10H2/t13-,14+,16-,17-/m1/s1. The molecule has 2 fully saturated rings. The number of aliphatic hydroxyl groups is 1. The molecule has 0 radical (unpaired) electrons. The molecule has 1 amide bonds. The number of pyridine rings is 1. The maximum Gasteiger partial charge on any atom is 0.222 e. The zero-order chi connectivity index (χ0) is 17.2. The highest BCUT2D eigenvalue weighted by Crippen LogP contribution is 2.41. The minimum Gasteiger partial charge on any atom is -0.391 e. The van der Waals surface area contributed by atoms with Gasteiger partial charge in [-0.1, -0.05) is 6.07 Å². The average Bonchev–Trinajstić information content (AvgIpc) is 3.29. The molecular formula is C18H23N5O2. The lowest BCUT2D eigenvalue weighted by Crippen LogP contribution is -2.36. The minimum atomic E-state index is -0.425. The largest absolute Gasteiger partial charge is 0.391 e. The van der Waals surface area contributed by atoms with Crippen molar-refractivity contribution in [2.75, 3.05) is 13.1 Å². The molecule has 3 heterocycles. The summed E-state index contributed by atoms with van der Waals surface area (Å²) >= 11 is 0. The van der Waals surface area contributed by atoms with E-state index in [1.165, 1.54) is 6.33 Å². The Hall–Kier alpha value is -2.28. The summed E-state index contributed by atoms with van der Waals surface area (Å²) in [4.78, 5) is 22.8. The van der Waals surface area contributed by atoms with E-state index in [0.717, 1.165) is 31.6 Å². The molecule has 1 aliphatic carbocycles. The summed E-state index contributed by atoms with van der Waals surface area (Å²) < 4.78 is 1.76. The van der Waals surface area contributed by atoms with Crippen LogP contribution in [0.25, 0.3) is 0 Å². The lowest BCUT2D eigenvalue weighted by Gasteiger charge is -2.34. The van der Waals surface area contributed by atoms with E-state index in [-0.39, 0.29) is 11.9 Å². The van der Waals surface area contributed by atoms with Crippen molar-refractivity contribution in [1.29, 1.82) is 0 Å². The van der Waals surface area contributed by atoms with Gasteiger partial charge in [-0.3, -0.25) is 9.78 Å². The molecule has 0 bridgehead atoms. The summed E-state index contributed by atoms with van der Waals surface area (Å²) in [7, 11) is 0. The molecule has 0 aromatic carbocycles. The quantitative estimate of drug-likeness (QED) is 0.899. The first kappa shape index (κ1) is 16.2. The molecular weight excluding hydrogens is 318 g/mol. The number of hydrogen-bond acceptors (Lipinski definition) is 5. The second-order valence-corrected chi connectivity index (χ2v) is 7.12. The molecule has 1 saturated heterocycles. The number of aliphatic hydroxyl groups excluding tert-OH is 1. The van der Waals surface area contributed by atoms with Gasteiger partial charge in [-0.25, -0.2) is 9.67 Å². The van der Waals surface area contributed by atoms with Crippen LogP contribution in [0.1, 0.15) is 31.0 Å². The van der Waals surface area contributed by atoms with Crippen LogP contribution in [0.2, 0.25) is 0 Å². The third-order valence-electron chi connectivity index (χ3n) is 5.56. The monoisotopic (exact) mass is 341 g/mol. The number of carbonyl (C=O) groups is 1. The summed E-state index contributed by atoms with van der Waals surface area (Å²) in [5.74, 6) is 0.997. The van der Waals surface area contributed by atoms with Crippen LogP contribution in [0, 0.1) is 11.8 Å². The fraction of sp³-hybridized carbons (Fsp3) is 0.556. The van der Waals surface area contributed by atoms with Gasteiger partial charge in [-0.05, 0) is 43.2 Å². The van der Waals surface area contributed by atoms with Crippen LogP contribution >= 0.6 is 0 Å². The molecule has 1 N–H and O–H groups in total. The smallest absolute Gasteiger partial charge is 0.222 e. The molecule has 2 aromatic heterocycles. The number of nitrogens with zero attached hydrogens (tertiary/aromatic N) is 5. The van der Waals surface area contributed by atoms with Crippen LogP contribution in [0.3, 0.4) is 0 Å². The maximum atomic E-state index is 12.6. The van der Waals surface area contributed by atoms with E-state index in [1.807, 2.05) is 23.1 Å². The molecule has 7 heteroatoms. The van der Waals surface area contributed by atoms with Gasteiger partial charge in [0.25, 0.3) is 0 Å². The lowest BCUT2D eigenvalue weighted by molar-refractivity contribution is -0.130. The molecule has 2 aromatic rings. The van der Waals surface area contributed by atoms with Crippen LogP contribution < -0.4 is 0 Å². The minimum absolute atomic E-state index is 0.0349. The van der Waals surface area contributed by atoms with Crippen LogP contribution in [0.4, 0.5) is 0 Å². The number of fused-ring (bicyclic) bond motifs is 1. The van der Waals surface area contributed by atoms with E-state index in [9.17, 15) is 9.90 Å². The molecule has 25 heavy (non-hydrogen) atoms. The molecule has 0 unspecified atom stereocenters. The van der Waals surface area contributed by atoms with Crippen LogP contribution in [-0.2, 0) is 11.2 Å². The SMILES string of the molecule is O=C(CCc1ccccn1)N1C[C@H]2C[C@@H](n3cncn3)[C@H](O)C[C@H]2C1. The Morgan fingerprint density at radius 3 is 2.80 bits per heavy atom. The highest BCUT2D eigenvalue weighted by atomic mass is 16.3. The Balaban J connectivity index is 1.35. The molecule has 2 aliphatic rings. The summed E-state index contributed by atoms with van der Waals surface area (Å²) in [6.07, 6.45) is 7.24. The van der Waals surface area contributed by atoms with E-state index in [1.54, 1.807) is 17.2 Å². The van der Waals surface area contributed by atoms with Crippen molar-refractivity contribution in [3.8, 4) is 0 Å². The third kappa shape index (κ3) is 3.42. The van der Waals surface area contributed by atoms with Gasteiger partial charge < -0.3 is 10.0 Å². The molecule has 4 atom stereocenters. The number of likely N-dealkylation sites (tertiary alicyclic amines) is 1. The average molecular weight is 341 g/mol. The second kappa shape index (κ2) is 6.92. The maximum absolute atomic E-state index is 12.6. The summed E-state index contributed by atoms with van der Waals surface area (Å²) in [5.41, 5.74) is 0.953. The lowest BCUT2D eigenvalue weighted by atomic mass is 9.77. The van der Waals surface area contributed by atoms with E-state index >= 15 is 0 Å². The zero-order valence-corrected chi connectivity index (χ0v) is 14.1. The van der Waals surface area contributed by atoms with Gasteiger partial charge in [0.2, 0.25) is 5.91 Å². The first-order chi connectivity index (χ1) is 12.2. The predicted octanol–water partition coefficient (Wildman–Crippen LogP) is 1.08. The summed E-state index contributed by atoms with van der Waals surface area (Å²) in [5, 5.41) is 14.6. The van der Waals surface area contributed by atoms with Crippen molar-refractivity contribution in [1.82, 2.24) is 24.6 Å². The Kier molecular flexibility index (Phi) is 4.48. The molecule has 0 spiro atoms. The van der Waals surface area contributed by atoms with Crippen LogP contribution in [-0.4, -0.2) is 54.9 Å². The molecule has 1 aliphatic heterocycles. The van der Waals surface area contributed by atoms with Crippen molar-refractivity contribution in [2.24, 2.45) is 11.8 Å². The van der Waals surface area contributed by atoms with Crippen LogP contribution in [0.5, 0.6) is 0 Å². The first-order valence-electron chi connectivity index (χ1n) is 8.90. The fourth-order valence-electron chi connectivity index (χ4n) is 4.22. The second-order valence-electron chi connectivity index (χ2n) is 7.12. The summed E-state index contributed by atoms with van der Waals surface area (Å²) in [6, 6.07) is 5.75. The highest BCUT2D eigenvalue weighted by molar-refractivity contribution is 5.76. The number of hydrogen-bond donors (Lipinski definition) is 1. The Bertz CT molecular complexity index is 706. The van der Waals surface area contributed by atoms with E-state index in [0.29, 0.717) is 24.7 Å². The van der Waals surface area contributed by atoms with Gasteiger partial charge in [0, 0.05) is 31.4 Å². The van der Waals surface area contributed by atoms with E-state index < -0.39 is 6.10 Å². The number of amides is 1.